The van der Waals surface area contributed by atoms with Gasteiger partial charge in [-0.3, -0.25) is 4.79 Å². The van der Waals surface area contributed by atoms with Gasteiger partial charge in [-0.2, -0.15) is 0 Å². The van der Waals surface area contributed by atoms with Crippen molar-refractivity contribution < 1.29 is 18.8 Å². The van der Waals surface area contributed by atoms with Crippen molar-refractivity contribution in [2.75, 3.05) is 7.11 Å². The lowest BCUT2D eigenvalue weighted by Gasteiger charge is -2.29. The SMILES string of the molecule is COc1nccnc1OC1CCC(NC(=O)c2cc(C)on2)CC1. The van der Waals surface area contributed by atoms with Crippen molar-refractivity contribution in [3.05, 3.63) is 29.9 Å². The average molecular weight is 332 g/mol. The van der Waals surface area contributed by atoms with Crippen molar-refractivity contribution >= 4 is 5.91 Å². The number of amides is 1. The molecule has 2 heterocycles. The first kappa shape index (κ1) is 16.2. The first-order valence-electron chi connectivity index (χ1n) is 7.91. The standard InChI is InChI=1S/C16H20N4O4/c1-10-9-13(20-24-10)14(21)19-11-3-5-12(6-4-11)23-16-15(22-2)17-7-8-18-16/h7-9,11-12H,3-6H2,1-2H3,(H,19,21). The predicted octanol–water partition coefficient (Wildman–Crippen LogP) is 1.90. The molecule has 0 aromatic carbocycles. The fourth-order valence-electron chi connectivity index (χ4n) is 2.75. The lowest BCUT2D eigenvalue weighted by molar-refractivity contribution is 0.0878. The van der Waals surface area contributed by atoms with Crippen molar-refractivity contribution in [1.82, 2.24) is 20.4 Å². The fourth-order valence-corrected chi connectivity index (χ4v) is 2.75. The molecule has 0 spiro atoms. The van der Waals surface area contributed by atoms with Crippen LogP contribution in [-0.2, 0) is 0 Å². The third kappa shape index (κ3) is 3.81. The zero-order valence-electron chi connectivity index (χ0n) is 13.7. The molecule has 1 N–H and O–H groups in total. The van der Waals surface area contributed by atoms with E-state index in [4.69, 9.17) is 14.0 Å². The van der Waals surface area contributed by atoms with Gasteiger partial charge in [0.05, 0.1) is 7.11 Å². The summed E-state index contributed by atoms with van der Waals surface area (Å²) in [6, 6.07) is 1.74. The molecule has 1 aliphatic carbocycles. The number of hydrogen-bond donors (Lipinski definition) is 1. The Labute approximate surface area is 139 Å². The van der Waals surface area contributed by atoms with Crippen molar-refractivity contribution in [3.8, 4) is 11.8 Å². The molecule has 0 radical (unpaired) electrons. The highest BCUT2D eigenvalue weighted by Gasteiger charge is 2.26. The summed E-state index contributed by atoms with van der Waals surface area (Å²) in [6.45, 7) is 1.76. The van der Waals surface area contributed by atoms with Gasteiger partial charge in [0, 0.05) is 24.5 Å². The third-order valence-corrected chi connectivity index (χ3v) is 3.97. The summed E-state index contributed by atoms with van der Waals surface area (Å²) in [4.78, 5) is 20.3. The van der Waals surface area contributed by atoms with E-state index in [1.165, 1.54) is 7.11 Å². The second kappa shape index (κ2) is 7.29. The molecule has 1 amide bonds. The molecule has 0 atom stereocenters. The minimum absolute atomic E-state index is 0.0399. The normalized spacial score (nSPS) is 20.4. The van der Waals surface area contributed by atoms with E-state index in [0.29, 0.717) is 23.2 Å². The Kier molecular flexibility index (Phi) is 4.93. The number of aryl methyl sites for hydroxylation is 1. The number of hydrogen-bond acceptors (Lipinski definition) is 7. The summed E-state index contributed by atoms with van der Waals surface area (Å²) in [6.07, 6.45) is 6.47. The maximum atomic E-state index is 12.1. The molecule has 24 heavy (non-hydrogen) atoms. The minimum atomic E-state index is -0.202. The summed E-state index contributed by atoms with van der Waals surface area (Å²) in [5.41, 5.74) is 0.315. The van der Waals surface area contributed by atoms with Crippen LogP contribution < -0.4 is 14.8 Å². The Morgan fingerprint density at radius 3 is 2.54 bits per heavy atom. The van der Waals surface area contributed by atoms with E-state index >= 15 is 0 Å². The Morgan fingerprint density at radius 2 is 1.92 bits per heavy atom. The summed E-state index contributed by atoms with van der Waals surface area (Å²) in [7, 11) is 1.54. The van der Waals surface area contributed by atoms with E-state index in [1.54, 1.807) is 25.4 Å². The number of rotatable bonds is 5. The highest BCUT2D eigenvalue weighted by atomic mass is 16.5. The second-order valence-corrected chi connectivity index (χ2v) is 5.76. The summed E-state index contributed by atoms with van der Waals surface area (Å²) < 4.78 is 15.9. The van der Waals surface area contributed by atoms with Crippen molar-refractivity contribution in [1.29, 1.82) is 0 Å². The molecule has 0 saturated heterocycles. The molecule has 2 aromatic rings. The summed E-state index contributed by atoms with van der Waals surface area (Å²) in [5, 5.41) is 6.72. The monoisotopic (exact) mass is 332 g/mol. The number of methoxy groups -OCH3 is 1. The first-order valence-corrected chi connectivity index (χ1v) is 7.91. The largest absolute Gasteiger partial charge is 0.477 e. The number of aromatic nitrogens is 3. The van der Waals surface area contributed by atoms with E-state index in [0.717, 1.165) is 25.7 Å². The topological polar surface area (TPSA) is 99.4 Å². The quantitative estimate of drug-likeness (QED) is 0.892. The molecular weight excluding hydrogens is 312 g/mol. The van der Waals surface area contributed by atoms with Gasteiger partial charge in [0.15, 0.2) is 5.69 Å². The van der Waals surface area contributed by atoms with Crippen LogP contribution in [0.2, 0.25) is 0 Å². The highest BCUT2D eigenvalue weighted by molar-refractivity contribution is 5.92. The average Bonchev–Trinajstić information content (AvgIpc) is 3.04. The van der Waals surface area contributed by atoms with Crippen LogP contribution in [-0.4, -0.2) is 40.3 Å². The van der Waals surface area contributed by atoms with Crippen LogP contribution in [0.4, 0.5) is 0 Å². The molecule has 1 aliphatic rings. The minimum Gasteiger partial charge on any atom is -0.477 e. The maximum Gasteiger partial charge on any atom is 0.278 e. The zero-order valence-corrected chi connectivity index (χ0v) is 13.7. The lowest BCUT2D eigenvalue weighted by Crippen LogP contribution is -2.39. The van der Waals surface area contributed by atoms with Crippen LogP contribution in [0.3, 0.4) is 0 Å². The molecule has 1 fully saturated rings. The van der Waals surface area contributed by atoms with E-state index in [-0.39, 0.29) is 18.1 Å². The van der Waals surface area contributed by atoms with E-state index in [1.807, 2.05) is 0 Å². The first-order chi connectivity index (χ1) is 11.7. The maximum absolute atomic E-state index is 12.1. The van der Waals surface area contributed by atoms with Crippen molar-refractivity contribution in [2.45, 2.75) is 44.8 Å². The van der Waals surface area contributed by atoms with Crippen LogP contribution >= 0.6 is 0 Å². The van der Waals surface area contributed by atoms with E-state index in [9.17, 15) is 4.79 Å². The molecule has 8 nitrogen and oxygen atoms in total. The Bertz CT molecular complexity index is 695. The van der Waals surface area contributed by atoms with Gasteiger partial charge in [-0.1, -0.05) is 5.16 Å². The Morgan fingerprint density at radius 1 is 1.21 bits per heavy atom. The molecular formula is C16H20N4O4. The molecule has 0 bridgehead atoms. The third-order valence-electron chi connectivity index (χ3n) is 3.97. The van der Waals surface area contributed by atoms with Crippen LogP contribution in [0.5, 0.6) is 11.8 Å². The van der Waals surface area contributed by atoms with E-state index < -0.39 is 0 Å². The smallest absolute Gasteiger partial charge is 0.278 e. The zero-order chi connectivity index (χ0) is 16.9. The molecule has 128 valence electrons. The Hall–Kier alpha value is -2.64. The number of carbonyl (C=O) groups is 1. The molecule has 3 rings (SSSR count). The second-order valence-electron chi connectivity index (χ2n) is 5.76. The number of nitrogens with one attached hydrogen (secondary N) is 1. The van der Waals surface area contributed by atoms with Gasteiger partial charge in [-0.15, -0.1) is 0 Å². The van der Waals surface area contributed by atoms with Gasteiger partial charge in [-0.05, 0) is 32.6 Å². The summed E-state index contributed by atoms with van der Waals surface area (Å²) >= 11 is 0. The molecule has 2 aromatic heterocycles. The van der Waals surface area contributed by atoms with Crippen molar-refractivity contribution in [3.63, 3.8) is 0 Å². The van der Waals surface area contributed by atoms with Crippen LogP contribution in [0.25, 0.3) is 0 Å². The highest BCUT2D eigenvalue weighted by Crippen LogP contribution is 2.27. The van der Waals surface area contributed by atoms with Gasteiger partial charge in [0.1, 0.15) is 11.9 Å². The predicted molar refractivity (Wildman–Crippen MR) is 84.0 cm³/mol. The van der Waals surface area contributed by atoms with Crippen LogP contribution in [0.15, 0.2) is 23.0 Å². The number of carbonyl (C=O) groups excluding carboxylic acids is 1. The van der Waals surface area contributed by atoms with Crippen LogP contribution in [0.1, 0.15) is 41.9 Å². The molecule has 1 saturated carbocycles. The van der Waals surface area contributed by atoms with Gasteiger partial charge in [-0.25, -0.2) is 9.97 Å². The summed E-state index contributed by atoms with van der Waals surface area (Å²) in [5.74, 6) is 1.21. The van der Waals surface area contributed by atoms with Gasteiger partial charge >= 0.3 is 0 Å². The number of nitrogens with zero attached hydrogens (tertiary/aromatic N) is 3. The Balaban J connectivity index is 1.50. The molecule has 0 aliphatic heterocycles. The fraction of sp³-hybridized carbons (Fsp3) is 0.500. The molecule has 0 unspecified atom stereocenters. The molecule has 8 heteroatoms. The van der Waals surface area contributed by atoms with Gasteiger partial charge in [0.2, 0.25) is 0 Å². The van der Waals surface area contributed by atoms with Crippen LogP contribution in [0, 0.1) is 6.92 Å². The number of ether oxygens (including phenoxy) is 2. The van der Waals surface area contributed by atoms with Gasteiger partial charge in [0.25, 0.3) is 17.7 Å². The van der Waals surface area contributed by atoms with E-state index in [2.05, 4.69) is 20.4 Å². The lowest BCUT2D eigenvalue weighted by atomic mass is 9.93. The van der Waals surface area contributed by atoms with Crippen molar-refractivity contribution in [2.24, 2.45) is 0 Å². The van der Waals surface area contributed by atoms with Gasteiger partial charge < -0.3 is 19.3 Å².